The van der Waals surface area contributed by atoms with Gasteiger partial charge in [0.25, 0.3) is 16.4 Å². The molecule has 3 heterocycles. The summed E-state index contributed by atoms with van der Waals surface area (Å²) in [6, 6.07) is 3.34. The molecule has 23 heavy (non-hydrogen) atoms. The van der Waals surface area contributed by atoms with Crippen LogP contribution in [0, 0.1) is 0 Å². The minimum Gasteiger partial charge on any atom is -0.442 e. The molecule has 0 saturated carbocycles. The molecule has 1 unspecified atom stereocenters. The van der Waals surface area contributed by atoms with Crippen molar-refractivity contribution < 1.29 is 26.4 Å². The fourth-order valence-corrected chi connectivity index (χ4v) is 3.38. The minimum absolute atomic E-state index is 0.0790. The van der Waals surface area contributed by atoms with Crippen molar-refractivity contribution in [3.63, 3.8) is 0 Å². The Balaban J connectivity index is 1.82. The van der Waals surface area contributed by atoms with Gasteiger partial charge in [0, 0.05) is 12.7 Å². The third kappa shape index (κ3) is 3.37. The third-order valence-electron chi connectivity index (χ3n) is 3.47. The Morgan fingerprint density at radius 3 is 2.83 bits per heavy atom. The van der Waals surface area contributed by atoms with Crippen LogP contribution in [-0.2, 0) is 14.8 Å². The van der Waals surface area contributed by atoms with Crippen LogP contribution < -0.4 is 4.72 Å². The fourth-order valence-electron chi connectivity index (χ4n) is 2.39. The van der Waals surface area contributed by atoms with Gasteiger partial charge in [-0.2, -0.15) is 13.5 Å². The number of anilines is 1. The number of furan rings is 1. The molecule has 0 aromatic carbocycles. The number of nitrogens with one attached hydrogen (secondary N) is 1. The number of alkyl halides is 2. The quantitative estimate of drug-likeness (QED) is 0.898. The van der Waals surface area contributed by atoms with Crippen LogP contribution in [0.25, 0.3) is 0 Å². The number of hydrogen-bond acceptors (Lipinski definition) is 5. The van der Waals surface area contributed by atoms with Crippen LogP contribution in [0.4, 0.5) is 14.6 Å². The first-order chi connectivity index (χ1) is 11.0. The highest BCUT2D eigenvalue weighted by Gasteiger charge is 2.25. The molecule has 2 aromatic heterocycles. The van der Waals surface area contributed by atoms with Crippen molar-refractivity contribution in [1.82, 2.24) is 9.78 Å². The van der Waals surface area contributed by atoms with Crippen molar-refractivity contribution in [2.45, 2.75) is 30.4 Å². The van der Waals surface area contributed by atoms with E-state index >= 15 is 0 Å². The molecule has 1 aliphatic rings. The lowest BCUT2D eigenvalue weighted by atomic mass is 10.1. The summed E-state index contributed by atoms with van der Waals surface area (Å²) in [6.45, 7) is 1.11. The average Bonchev–Trinajstić information content (AvgIpc) is 3.17. The molecular formula is C13H15F2N3O4S. The van der Waals surface area contributed by atoms with Gasteiger partial charge in [0.2, 0.25) is 5.09 Å². The Morgan fingerprint density at radius 2 is 2.17 bits per heavy atom. The van der Waals surface area contributed by atoms with Crippen molar-refractivity contribution in [3.8, 4) is 0 Å². The summed E-state index contributed by atoms with van der Waals surface area (Å²) < 4.78 is 63.4. The molecule has 0 radical (unpaired) electrons. The Hall–Kier alpha value is -1.94. The number of ether oxygens (including phenoxy) is 1. The smallest absolute Gasteiger partial charge is 0.296 e. The Labute approximate surface area is 131 Å². The molecule has 1 fully saturated rings. The van der Waals surface area contributed by atoms with Crippen molar-refractivity contribution in [2.75, 3.05) is 17.9 Å². The molecule has 10 heteroatoms. The zero-order valence-electron chi connectivity index (χ0n) is 12.0. The highest BCUT2D eigenvalue weighted by molar-refractivity contribution is 7.92. The van der Waals surface area contributed by atoms with Crippen LogP contribution >= 0.6 is 0 Å². The summed E-state index contributed by atoms with van der Waals surface area (Å²) in [6.07, 6.45) is 0.252. The number of sulfonamides is 1. The molecule has 0 spiro atoms. The largest absolute Gasteiger partial charge is 0.442 e. The van der Waals surface area contributed by atoms with Gasteiger partial charge in [0.15, 0.2) is 5.76 Å². The Bertz CT molecular complexity index is 766. The highest BCUT2D eigenvalue weighted by Crippen LogP contribution is 2.27. The van der Waals surface area contributed by atoms with Crippen molar-refractivity contribution in [3.05, 3.63) is 30.2 Å². The van der Waals surface area contributed by atoms with E-state index in [1.165, 1.54) is 16.9 Å². The first-order valence-corrected chi connectivity index (χ1v) is 8.47. The van der Waals surface area contributed by atoms with Crippen LogP contribution in [0.2, 0.25) is 0 Å². The predicted molar refractivity (Wildman–Crippen MR) is 75.8 cm³/mol. The summed E-state index contributed by atoms with van der Waals surface area (Å²) in [7, 11) is -4.11. The van der Waals surface area contributed by atoms with Gasteiger partial charge >= 0.3 is 0 Å². The van der Waals surface area contributed by atoms with Crippen molar-refractivity contribution in [2.24, 2.45) is 0 Å². The zero-order valence-corrected chi connectivity index (χ0v) is 12.8. The predicted octanol–water partition coefficient (Wildman–Crippen LogP) is 2.57. The van der Waals surface area contributed by atoms with E-state index in [1.807, 2.05) is 0 Å². The van der Waals surface area contributed by atoms with E-state index in [1.54, 1.807) is 0 Å². The Morgan fingerprint density at radius 1 is 1.35 bits per heavy atom. The SMILES string of the molecule is O=S(=O)(Nc1ccnn1C1CCCOC1)c1ccc(C(F)F)o1. The summed E-state index contributed by atoms with van der Waals surface area (Å²) in [5.74, 6) is -0.463. The maximum absolute atomic E-state index is 12.5. The summed E-state index contributed by atoms with van der Waals surface area (Å²) in [5.41, 5.74) is 0. The van der Waals surface area contributed by atoms with E-state index in [9.17, 15) is 17.2 Å². The second-order valence-corrected chi connectivity index (χ2v) is 6.71. The molecule has 0 bridgehead atoms. The van der Waals surface area contributed by atoms with Gasteiger partial charge < -0.3 is 9.15 Å². The minimum atomic E-state index is -4.11. The number of nitrogens with zero attached hydrogens (tertiary/aromatic N) is 2. The van der Waals surface area contributed by atoms with Crippen LogP contribution in [-0.4, -0.2) is 31.4 Å². The molecule has 126 valence electrons. The normalized spacial score (nSPS) is 19.2. The molecule has 1 aliphatic heterocycles. The summed E-state index contributed by atoms with van der Waals surface area (Å²) in [5, 5.41) is 3.54. The van der Waals surface area contributed by atoms with Gasteiger partial charge in [-0.3, -0.25) is 4.72 Å². The summed E-state index contributed by atoms with van der Waals surface area (Å²) >= 11 is 0. The third-order valence-corrected chi connectivity index (χ3v) is 4.70. The fraction of sp³-hybridized carbons (Fsp3) is 0.462. The maximum Gasteiger partial charge on any atom is 0.296 e. The van der Waals surface area contributed by atoms with E-state index in [0.717, 1.165) is 25.0 Å². The van der Waals surface area contributed by atoms with E-state index in [0.29, 0.717) is 13.2 Å². The molecule has 0 aliphatic carbocycles. The second-order valence-electron chi connectivity index (χ2n) is 5.09. The van der Waals surface area contributed by atoms with Crippen molar-refractivity contribution >= 4 is 15.8 Å². The zero-order chi connectivity index (χ0) is 16.4. The first kappa shape index (κ1) is 15.9. The standard InChI is InChI=1S/C13H15F2N3O4S/c14-13(15)10-3-4-12(22-10)23(19,20)17-11-5-6-16-18(11)9-2-1-7-21-8-9/h3-6,9,13,17H,1-2,7-8H2. The lowest BCUT2D eigenvalue weighted by Crippen LogP contribution is -2.25. The molecular weight excluding hydrogens is 332 g/mol. The van der Waals surface area contributed by atoms with Gasteiger partial charge in [0.05, 0.1) is 18.8 Å². The highest BCUT2D eigenvalue weighted by atomic mass is 32.2. The van der Waals surface area contributed by atoms with Gasteiger partial charge in [-0.1, -0.05) is 0 Å². The van der Waals surface area contributed by atoms with E-state index < -0.39 is 27.3 Å². The number of halogens is 2. The topological polar surface area (TPSA) is 86.4 Å². The van der Waals surface area contributed by atoms with Crippen LogP contribution in [0.3, 0.4) is 0 Å². The lowest BCUT2D eigenvalue weighted by molar-refractivity contribution is 0.0557. The second kappa shape index (κ2) is 6.28. The molecule has 1 atom stereocenters. The van der Waals surface area contributed by atoms with Gasteiger partial charge in [0.1, 0.15) is 5.82 Å². The number of aromatic nitrogens is 2. The van der Waals surface area contributed by atoms with E-state index in [4.69, 9.17) is 4.74 Å². The summed E-state index contributed by atoms with van der Waals surface area (Å²) in [4.78, 5) is 0. The van der Waals surface area contributed by atoms with E-state index in [-0.39, 0.29) is 11.9 Å². The molecule has 2 aromatic rings. The molecule has 1 saturated heterocycles. The van der Waals surface area contributed by atoms with Crippen LogP contribution in [0.15, 0.2) is 33.9 Å². The van der Waals surface area contributed by atoms with Crippen LogP contribution in [0.5, 0.6) is 0 Å². The molecule has 0 amide bonds. The van der Waals surface area contributed by atoms with Gasteiger partial charge in [-0.15, -0.1) is 0 Å². The molecule has 7 nitrogen and oxygen atoms in total. The van der Waals surface area contributed by atoms with Gasteiger partial charge in [-0.25, -0.2) is 13.5 Å². The lowest BCUT2D eigenvalue weighted by Gasteiger charge is -2.24. The molecule has 3 rings (SSSR count). The first-order valence-electron chi connectivity index (χ1n) is 6.99. The van der Waals surface area contributed by atoms with Crippen molar-refractivity contribution in [1.29, 1.82) is 0 Å². The maximum atomic E-state index is 12.5. The van der Waals surface area contributed by atoms with Crippen LogP contribution in [0.1, 0.15) is 31.1 Å². The number of rotatable bonds is 5. The van der Waals surface area contributed by atoms with E-state index in [2.05, 4.69) is 14.2 Å². The van der Waals surface area contributed by atoms with Gasteiger partial charge in [-0.05, 0) is 25.0 Å². The number of hydrogen-bond donors (Lipinski definition) is 1. The Kier molecular flexibility index (Phi) is 4.35. The monoisotopic (exact) mass is 347 g/mol. The molecule has 1 N–H and O–H groups in total. The average molecular weight is 347 g/mol.